The third-order valence-corrected chi connectivity index (χ3v) is 5.55. The molecule has 0 saturated heterocycles. The van der Waals surface area contributed by atoms with Gasteiger partial charge < -0.3 is 0 Å². The van der Waals surface area contributed by atoms with E-state index in [1.807, 2.05) is 19.3 Å². The molecular formula is C24H31N2+. The highest BCUT2D eigenvalue weighted by Crippen LogP contribution is 2.35. The van der Waals surface area contributed by atoms with Crippen molar-refractivity contribution in [1.29, 1.82) is 0 Å². The van der Waals surface area contributed by atoms with E-state index < -0.39 is 0 Å². The Hall–Kier alpha value is -2.22. The maximum atomic E-state index is 8.76. The molecular weight excluding hydrogens is 316 g/mol. The van der Waals surface area contributed by atoms with E-state index in [1.165, 1.54) is 11.1 Å². The van der Waals surface area contributed by atoms with Gasteiger partial charge in [0.05, 0.1) is 12.3 Å². The molecule has 0 N–H and O–H groups in total. The van der Waals surface area contributed by atoms with Gasteiger partial charge in [0, 0.05) is 25.4 Å². The van der Waals surface area contributed by atoms with Crippen LogP contribution in [0.2, 0.25) is 0 Å². The van der Waals surface area contributed by atoms with Crippen LogP contribution in [0.15, 0.2) is 42.7 Å². The van der Waals surface area contributed by atoms with Crippen LogP contribution in [-0.2, 0) is 7.05 Å². The molecule has 0 amide bonds. The molecule has 136 valence electrons. The van der Waals surface area contributed by atoms with E-state index in [9.17, 15) is 0 Å². The van der Waals surface area contributed by atoms with Crippen molar-refractivity contribution < 1.29 is 5.94 Å². The highest BCUT2D eigenvalue weighted by molar-refractivity contribution is 5.94. The van der Waals surface area contributed by atoms with Gasteiger partial charge in [-0.05, 0) is 53.3 Å². The number of aryl methyl sites for hydroxylation is 1. The molecule has 2 heteroatoms. The van der Waals surface area contributed by atoms with E-state index >= 15 is 0 Å². The SMILES string of the molecule is [2H]c1c(C)[n+](C)c(-c2ccncc2C)c2ccc(C(C(C)C)C(C)C)cc12. The zero-order valence-corrected chi connectivity index (χ0v) is 17.1. The highest BCUT2D eigenvalue weighted by atomic mass is 14.9. The van der Waals surface area contributed by atoms with Crippen molar-refractivity contribution in [1.82, 2.24) is 4.98 Å². The summed E-state index contributed by atoms with van der Waals surface area (Å²) in [6.07, 6.45) is 3.76. The Balaban J connectivity index is 2.35. The maximum absolute atomic E-state index is 8.76. The second-order valence-electron chi connectivity index (χ2n) is 8.13. The predicted molar refractivity (Wildman–Crippen MR) is 110 cm³/mol. The van der Waals surface area contributed by atoms with Crippen molar-refractivity contribution >= 4 is 10.8 Å². The number of fused-ring (bicyclic) bond motifs is 1. The van der Waals surface area contributed by atoms with Crippen molar-refractivity contribution in [3.8, 4) is 11.3 Å². The molecule has 26 heavy (non-hydrogen) atoms. The Morgan fingerprint density at radius 2 is 1.73 bits per heavy atom. The van der Waals surface area contributed by atoms with Crippen LogP contribution in [0.1, 0.15) is 51.8 Å². The van der Waals surface area contributed by atoms with Crippen molar-refractivity contribution in [3.05, 3.63) is 59.5 Å². The Morgan fingerprint density at radius 1 is 1.04 bits per heavy atom. The predicted octanol–water partition coefficient (Wildman–Crippen LogP) is 5.74. The molecule has 0 atom stereocenters. The minimum atomic E-state index is 0.495. The summed E-state index contributed by atoms with van der Waals surface area (Å²) in [6, 6.07) is 9.44. The largest absolute Gasteiger partial charge is 0.264 e. The summed E-state index contributed by atoms with van der Waals surface area (Å²) in [5.74, 6) is 1.63. The first-order valence-corrected chi connectivity index (χ1v) is 9.57. The fourth-order valence-electron chi connectivity index (χ4n) is 4.31. The molecule has 0 unspecified atom stereocenters. The van der Waals surface area contributed by atoms with Gasteiger partial charge in [-0.25, -0.2) is 0 Å². The first kappa shape index (κ1) is 17.2. The molecule has 2 aromatic heterocycles. The lowest BCUT2D eigenvalue weighted by molar-refractivity contribution is -0.665. The molecule has 0 saturated carbocycles. The maximum Gasteiger partial charge on any atom is 0.220 e. The minimum Gasteiger partial charge on any atom is -0.264 e. The van der Waals surface area contributed by atoms with Crippen LogP contribution in [0.5, 0.6) is 0 Å². The molecule has 2 heterocycles. The van der Waals surface area contributed by atoms with Gasteiger partial charge in [-0.15, -0.1) is 0 Å². The average molecular weight is 349 g/mol. The molecule has 1 aromatic carbocycles. The average Bonchev–Trinajstić information content (AvgIpc) is 2.61. The summed E-state index contributed by atoms with van der Waals surface area (Å²) in [5.41, 5.74) is 5.81. The van der Waals surface area contributed by atoms with Crippen LogP contribution in [-0.4, -0.2) is 4.98 Å². The van der Waals surface area contributed by atoms with E-state index in [0.29, 0.717) is 23.8 Å². The first-order chi connectivity index (χ1) is 12.7. The molecule has 0 radical (unpaired) electrons. The molecule has 3 rings (SSSR count). The number of pyridine rings is 2. The lowest BCUT2D eigenvalue weighted by Gasteiger charge is -2.25. The highest BCUT2D eigenvalue weighted by Gasteiger charge is 2.23. The molecule has 0 aliphatic rings. The molecule has 3 aromatic rings. The number of hydrogen-bond donors (Lipinski definition) is 0. The third kappa shape index (κ3) is 3.25. The molecule has 0 aliphatic heterocycles. The molecule has 0 fully saturated rings. The van der Waals surface area contributed by atoms with Crippen molar-refractivity contribution in [2.45, 2.75) is 47.5 Å². The smallest absolute Gasteiger partial charge is 0.220 e. The summed E-state index contributed by atoms with van der Waals surface area (Å²) in [7, 11) is 2.06. The quantitative estimate of drug-likeness (QED) is 0.549. The van der Waals surface area contributed by atoms with Gasteiger partial charge in [0.25, 0.3) is 0 Å². The Labute approximate surface area is 159 Å². The van der Waals surface area contributed by atoms with Crippen molar-refractivity contribution in [2.75, 3.05) is 0 Å². The van der Waals surface area contributed by atoms with Gasteiger partial charge in [0.1, 0.15) is 7.05 Å². The van der Waals surface area contributed by atoms with Crippen LogP contribution in [0.3, 0.4) is 0 Å². The fourth-order valence-corrected chi connectivity index (χ4v) is 4.31. The summed E-state index contributed by atoms with van der Waals surface area (Å²) in [4.78, 5) is 4.25. The zero-order valence-electron chi connectivity index (χ0n) is 18.1. The molecule has 0 spiro atoms. The second kappa shape index (κ2) is 7.19. The second-order valence-corrected chi connectivity index (χ2v) is 8.13. The third-order valence-electron chi connectivity index (χ3n) is 5.55. The van der Waals surface area contributed by atoms with Crippen LogP contribution in [0.25, 0.3) is 22.0 Å². The number of aromatic nitrogens is 2. The lowest BCUT2D eigenvalue weighted by atomic mass is 9.79. The number of hydrogen-bond acceptors (Lipinski definition) is 1. The molecule has 0 aliphatic carbocycles. The summed E-state index contributed by atoms with van der Waals surface area (Å²) < 4.78 is 10.9. The Bertz CT molecular complexity index is 981. The van der Waals surface area contributed by atoms with Crippen LogP contribution in [0.4, 0.5) is 0 Å². The normalized spacial score (nSPS) is 12.5. The van der Waals surface area contributed by atoms with Gasteiger partial charge in [-0.1, -0.05) is 39.8 Å². The van der Waals surface area contributed by atoms with E-state index in [2.05, 4.69) is 75.5 Å². The van der Waals surface area contributed by atoms with Gasteiger partial charge in [0.15, 0.2) is 5.69 Å². The fraction of sp³-hybridized carbons (Fsp3) is 0.417. The number of benzene rings is 1. The number of rotatable bonds is 4. The summed E-state index contributed by atoms with van der Waals surface area (Å²) >= 11 is 0. The Morgan fingerprint density at radius 3 is 2.35 bits per heavy atom. The molecule has 0 bridgehead atoms. The van der Waals surface area contributed by atoms with Crippen LogP contribution in [0, 0.1) is 25.7 Å². The van der Waals surface area contributed by atoms with E-state index in [-0.39, 0.29) is 0 Å². The Kier molecular flexibility index (Phi) is 4.76. The monoisotopic (exact) mass is 348 g/mol. The van der Waals surface area contributed by atoms with E-state index in [1.54, 1.807) is 0 Å². The summed E-state index contributed by atoms with van der Waals surface area (Å²) in [6.45, 7) is 13.3. The van der Waals surface area contributed by atoms with Crippen LogP contribution < -0.4 is 4.57 Å². The number of nitrogens with zero attached hydrogens (tertiary/aromatic N) is 2. The van der Waals surface area contributed by atoms with Gasteiger partial charge in [0.2, 0.25) is 5.69 Å². The van der Waals surface area contributed by atoms with Gasteiger partial charge in [-0.3, -0.25) is 4.98 Å². The standard InChI is InChI=1S/C24H31N2/c1-15(2)23(16(3)4)19-8-9-22-20(13-19)12-18(6)26(7)24(22)21-10-11-25-14-17(21)5/h8-16,23H,1-7H3/q+1/i12D. The van der Waals surface area contributed by atoms with E-state index in [0.717, 1.165) is 27.7 Å². The van der Waals surface area contributed by atoms with Crippen LogP contribution >= 0.6 is 0 Å². The molecule has 2 nitrogen and oxygen atoms in total. The minimum absolute atomic E-state index is 0.495. The first-order valence-electron chi connectivity index (χ1n) is 10.1. The van der Waals surface area contributed by atoms with Gasteiger partial charge in [-0.2, -0.15) is 4.57 Å². The van der Waals surface area contributed by atoms with E-state index in [4.69, 9.17) is 1.37 Å². The van der Waals surface area contributed by atoms with Crippen molar-refractivity contribution in [3.63, 3.8) is 0 Å². The lowest BCUT2D eigenvalue weighted by Crippen LogP contribution is -2.35. The van der Waals surface area contributed by atoms with Crippen molar-refractivity contribution in [2.24, 2.45) is 18.9 Å². The van der Waals surface area contributed by atoms with Gasteiger partial charge >= 0.3 is 0 Å². The summed E-state index contributed by atoms with van der Waals surface area (Å²) in [5, 5.41) is 2.18. The zero-order chi connectivity index (χ0) is 19.9. The topological polar surface area (TPSA) is 16.8 Å².